The van der Waals surface area contributed by atoms with Gasteiger partial charge in [0.1, 0.15) is 6.33 Å². The predicted octanol–water partition coefficient (Wildman–Crippen LogP) is 2.77. The third-order valence-electron chi connectivity index (χ3n) is 4.50. The first kappa shape index (κ1) is 18.2. The van der Waals surface area contributed by atoms with Crippen LogP contribution in [-0.2, 0) is 11.3 Å². The van der Waals surface area contributed by atoms with Gasteiger partial charge in [0.25, 0.3) is 0 Å². The summed E-state index contributed by atoms with van der Waals surface area (Å²) < 4.78 is 1.73. The number of amides is 1. The lowest BCUT2D eigenvalue weighted by Gasteiger charge is -2.34. The van der Waals surface area contributed by atoms with Gasteiger partial charge >= 0.3 is 0 Å². The van der Waals surface area contributed by atoms with Crippen LogP contribution in [0.25, 0.3) is 5.69 Å². The minimum atomic E-state index is 0.159. The zero-order valence-electron chi connectivity index (χ0n) is 14.9. The van der Waals surface area contributed by atoms with E-state index in [2.05, 4.69) is 32.5 Å². The standard InChI is InChI=1S/C19H21N5OS2/c25-18(23-10-8-22(9-11-23)13-17-7-4-12-26-17)14-27-19-20-15-24(21-19)16-5-2-1-3-6-16/h1-7,12,15H,8-11,13-14H2. The molecule has 1 aliphatic heterocycles. The van der Waals surface area contributed by atoms with Crippen LogP contribution in [0.3, 0.4) is 0 Å². The molecule has 1 aromatic carbocycles. The number of thiophene rings is 1. The van der Waals surface area contributed by atoms with Gasteiger partial charge in [0.15, 0.2) is 0 Å². The Morgan fingerprint density at radius 1 is 1.07 bits per heavy atom. The zero-order valence-corrected chi connectivity index (χ0v) is 16.5. The summed E-state index contributed by atoms with van der Waals surface area (Å²) in [6.45, 7) is 4.41. The fourth-order valence-corrected chi connectivity index (χ4v) is 4.46. The molecular weight excluding hydrogens is 378 g/mol. The Morgan fingerprint density at radius 2 is 1.89 bits per heavy atom. The van der Waals surface area contributed by atoms with Crippen molar-refractivity contribution in [2.45, 2.75) is 11.7 Å². The van der Waals surface area contributed by atoms with Crippen molar-refractivity contribution >= 4 is 29.0 Å². The first-order valence-electron chi connectivity index (χ1n) is 8.90. The molecule has 1 amide bonds. The monoisotopic (exact) mass is 399 g/mol. The number of aromatic nitrogens is 3. The number of rotatable bonds is 6. The Kier molecular flexibility index (Phi) is 5.86. The molecule has 0 bridgehead atoms. The molecule has 1 aliphatic rings. The lowest BCUT2D eigenvalue weighted by molar-refractivity contribution is -0.130. The molecule has 0 atom stereocenters. The number of nitrogens with zero attached hydrogens (tertiary/aromatic N) is 5. The molecule has 1 fully saturated rings. The third kappa shape index (κ3) is 4.77. The summed E-state index contributed by atoms with van der Waals surface area (Å²) in [5, 5.41) is 7.18. The Bertz CT molecular complexity index is 857. The molecule has 140 valence electrons. The molecule has 6 nitrogen and oxygen atoms in total. The summed E-state index contributed by atoms with van der Waals surface area (Å²) in [6, 6.07) is 14.1. The number of piperazine rings is 1. The maximum Gasteiger partial charge on any atom is 0.233 e. The van der Waals surface area contributed by atoms with Crippen LogP contribution in [0.4, 0.5) is 0 Å². The molecule has 3 heterocycles. The van der Waals surface area contributed by atoms with E-state index >= 15 is 0 Å². The summed E-state index contributed by atoms with van der Waals surface area (Å²) in [4.78, 5) is 22.5. The molecule has 0 aliphatic carbocycles. The second-order valence-electron chi connectivity index (χ2n) is 6.33. The van der Waals surface area contributed by atoms with Gasteiger partial charge in [-0.05, 0) is 23.6 Å². The molecule has 1 saturated heterocycles. The summed E-state index contributed by atoms with van der Waals surface area (Å²) in [6.07, 6.45) is 1.69. The molecule has 2 aromatic heterocycles. The number of thioether (sulfide) groups is 1. The average molecular weight is 400 g/mol. The van der Waals surface area contributed by atoms with Gasteiger partial charge in [-0.15, -0.1) is 16.4 Å². The summed E-state index contributed by atoms with van der Waals surface area (Å²) in [7, 11) is 0. The van der Waals surface area contributed by atoms with Crippen molar-refractivity contribution < 1.29 is 4.79 Å². The highest BCUT2D eigenvalue weighted by atomic mass is 32.2. The second-order valence-corrected chi connectivity index (χ2v) is 8.31. The van der Waals surface area contributed by atoms with Gasteiger partial charge in [0.2, 0.25) is 11.1 Å². The van der Waals surface area contributed by atoms with Crippen LogP contribution in [0.15, 0.2) is 59.3 Å². The third-order valence-corrected chi connectivity index (χ3v) is 6.20. The van der Waals surface area contributed by atoms with E-state index in [1.54, 1.807) is 22.3 Å². The maximum absolute atomic E-state index is 12.5. The quantitative estimate of drug-likeness (QED) is 0.597. The van der Waals surface area contributed by atoms with Crippen LogP contribution in [0.2, 0.25) is 0 Å². The van der Waals surface area contributed by atoms with E-state index in [0.29, 0.717) is 10.9 Å². The van der Waals surface area contributed by atoms with Gasteiger partial charge < -0.3 is 4.90 Å². The maximum atomic E-state index is 12.5. The minimum Gasteiger partial charge on any atom is -0.339 e. The number of hydrogen-bond donors (Lipinski definition) is 0. The molecule has 0 saturated carbocycles. The minimum absolute atomic E-state index is 0.159. The molecule has 4 rings (SSSR count). The van der Waals surface area contributed by atoms with Crippen molar-refractivity contribution in [1.82, 2.24) is 24.6 Å². The Hall–Kier alpha value is -2.16. The number of hydrogen-bond acceptors (Lipinski definition) is 6. The second kappa shape index (κ2) is 8.69. The number of para-hydroxylation sites is 1. The summed E-state index contributed by atoms with van der Waals surface area (Å²) in [5.74, 6) is 0.538. The smallest absolute Gasteiger partial charge is 0.233 e. The molecule has 0 N–H and O–H groups in total. The van der Waals surface area contributed by atoms with Crippen LogP contribution in [-0.4, -0.2) is 62.4 Å². The Labute approximate surface area is 166 Å². The van der Waals surface area contributed by atoms with Gasteiger partial charge in [-0.3, -0.25) is 9.69 Å². The average Bonchev–Trinajstić information content (AvgIpc) is 3.39. The van der Waals surface area contributed by atoms with Crippen molar-refractivity contribution in [2.75, 3.05) is 31.9 Å². The molecular formula is C19H21N5OS2. The molecule has 0 unspecified atom stereocenters. The molecule has 0 radical (unpaired) electrons. The fourth-order valence-electron chi connectivity index (χ4n) is 3.02. The van der Waals surface area contributed by atoms with Crippen molar-refractivity contribution in [3.05, 3.63) is 59.0 Å². The first-order chi connectivity index (χ1) is 13.3. The molecule has 8 heteroatoms. The van der Waals surface area contributed by atoms with Crippen LogP contribution in [0.1, 0.15) is 4.88 Å². The van der Waals surface area contributed by atoms with Gasteiger partial charge in [0.05, 0.1) is 11.4 Å². The van der Waals surface area contributed by atoms with E-state index in [1.807, 2.05) is 35.2 Å². The predicted molar refractivity (Wildman–Crippen MR) is 108 cm³/mol. The van der Waals surface area contributed by atoms with Crippen molar-refractivity contribution in [3.8, 4) is 5.69 Å². The fraction of sp³-hybridized carbons (Fsp3) is 0.316. The summed E-state index contributed by atoms with van der Waals surface area (Å²) in [5.41, 5.74) is 0.963. The lowest BCUT2D eigenvalue weighted by atomic mass is 10.3. The SMILES string of the molecule is O=C(CSc1ncn(-c2ccccc2)n1)N1CCN(Cc2cccs2)CC1. The Balaban J connectivity index is 1.24. The number of benzene rings is 1. The zero-order chi connectivity index (χ0) is 18.5. The number of carbonyl (C=O) groups excluding carboxylic acids is 1. The van der Waals surface area contributed by atoms with Crippen molar-refractivity contribution in [1.29, 1.82) is 0 Å². The van der Waals surface area contributed by atoms with Crippen LogP contribution >= 0.6 is 23.1 Å². The van der Waals surface area contributed by atoms with E-state index < -0.39 is 0 Å². The van der Waals surface area contributed by atoms with E-state index in [-0.39, 0.29) is 5.91 Å². The van der Waals surface area contributed by atoms with Gasteiger partial charge in [-0.25, -0.2) is 9.67 Å². The highest BCUT2D eigenvalue weighted by molar-refractivity contribution is 7.99. The highest BCUT2D eigenvalue weighted by Gasteiger charge is 2.21. The van der Waals surface area contributed by atoms with Crippen LogP contribution in [0.5, 0.6) is 0 Å². The van der Waals surface area contributed by atoms with E-state index in [1.165, 1.54) is 16.6 Å². The van der Waals surface area contributed by atoms with Crippen molar-refractivity contribution in [3.63, 3.8) is 0 Å². The molecule has 27 heavy (non-hydrogen) atoms. The van der Waals surface area contributed by atoms with Gasteiger partial charge in [-0.1, -0.05) is 36.0 Å². The van der Waals surface area contributed by atoms with Crippen LogP contribution in [0, 0.1) is 0 Å². The molecule has 3 aromatic rings. The first-order valence-corrected chi connectivity index (χ1v) is 10.8. The largest absolute Gasteiger partial charge is 0.339 e. The highest BCUT2D eigenvalue weighted by Crippen LogP contribution is 2.17. The van der Waals surface area contributed by atoms with Crippen LogP contribution < -0.4 is 0 Å². The Morgan fingerprint density at radius 3 is 2.63 bits per heavy atom. The van der Waals surface area contributed by atoms with E-state index in [4.69, 9.17) is 0 Å². The van der Waals surface area contributed by atoms with E-state index in [0.717, 1.165) is 38.4 Å². The van der Waals surface area contributed by atoms with E-state index in [9.17, 15) is 4.79 Å². The van der Waals surface area contributed by atoms with Crippen molar-refractivity contribution in [2.24, 2.45) is 0 Å². The van der Waals surface area contributed by atoms with Gasteiger partial charge in [0, 0.05) is 37.6 Å². The normalized spacial score (nSPS) is 15.2. The molecule has 0 spiro atoms. The van der Waals surface area contributed by atoms with Gasteiger partial charge in [-0.2, -0.15) is 0 Å². The topological polar surface area (TPSA) is 54.3 Å². The lowest BCUT2D eigenvalue weighted by Crippen LogP contribution is -2.48. The number of carbonyl (C=O) groups is 1. The summed E-state index contributed by atoms with van der Waals surface area (Å²) >= 11 is 3.18.